The molecule has 3 rings (SSSR count). The summed E-state index contributed by atoms with van der Waals surface area (Å²) in [6, 6.07) is 10.9. The number of H-pyrrole nitrogens is 1. The molecule has 2 heterocycles. The van der Waals surface area contributed by atoms with E-state index in [9.17, 15) is 0 Å². The lowest BCUT2D eigenvalue weighted by atomic mass is 10.1. The molecule has 0 saturated carbocycles. The molecule has 80 valence electrons. The zero-order valence-electron chi connectivity index (χ0n) is 9.37. The van der Waals surface area contributed by atoms with Gasteiger partial charge in [0.25, 0.3) is 0 Å². The lowest BCUT2D eigenvalue weighted by Crippen LogP contribution is -1.77. The number of hydrogen-bond acceptors (Lipinski definition) is 1. The smallest absolute Gasteiger partial charge is 0.0566 e. The molecule has 2 aromatic heterocycles. The molecule has 0 spiro atoms. The van der Waals surface area contributed by atoms with Crippen LogP contribution >= 0.6 is 11.3 Å². The van der Waals surface area contributed by atoms with Crippen LogP contribution in [0.5, 0.6) is 0 Å². The van der Waals surface area contributed by atoms with E-state index in [0.29, 0.717) is 0 Å². The molecule has 0 amide bonds. The van der Waals surface area contributed by atoms with Gasteiger partial charge in [-0.3, -0.25) is 0 Å². The number of fused-ring (bicyclic) bond motifs is 1. The van der Waals surface area contributed by atoms with E-state index in [1.807, 2.05) is 0 Å². The van der Waals surface area contributed by atoms with Crippen molar-refractivity contribution in [2.24, 2.45) is 0 Å². The highest BCUT2D eigenvalue weighted by atomic mass is 32.1. The van der Waals surface area contributed by atoms with E-state index < -0.39 is 0 Å². The summed E-state index contributed by atoms with van der Waals surface area (Å²) >= 11 is 1.77. The van der Waals surface area contributed by atoms with Crippen LogP contribution in [-0.4, -0.2) is 4.98 Å². The van der Waals surface area contributed by atoms with Crippen LogP contribution in [0.2, 0.25) is 0 Å². The predicted octanol–water partition coefficient (Wildman–Crippen LogP) is 4.51. The molecule has 0 fully saturated rings. The molecule has 3 aromatic rings. The van der Waals surface area contributed by atoms with Crippen molar-refractivity contribution in [3.05, 3.63) is 46.8 Å². The van der Waals surface area contributed by atoms with Crippen molar-refractivity contribution in [2.45, 2.75) is 13.8 Å². The van der Waals surface area contributed by atoms with Gasteiger partial charge in [0.2, 0.25) is 0 Å². The minimum absolute atomic E-state index is 1.22. The molecule has 1 nitrogen and oxygen atoms in total. The third-order valence-corrected chi connectivity index (χ3v) is 3.78. The van der Waals surface area contributed by atoms with E-state index in [4.69, 9.17) is 0 Å². The highest BCUT2D eigenvalue weighted by molar-refractivity contribution is 7.13. The maximum atomic E-state index is 3.49. The van der Waals surface area contributed by atoms with Crippen LogP contribution in [0.3, 0.4) is 0 Å². The van der Waals surface area contributed by atoms with E-state index in [2.05, 4.69) is 54.5 Å². The fourth-order valence-corrected chi connectivity index (χ4v) is 2.86. The molecule has 0 saturated heterocycles. The Labute approximate surface area is 98.7 Å². The maximum absolute atomic E-state index is 3.49. The Bertz CT molecular complexity index is 632. The largest absolute Gasteiger partial charge is 0.354 e. The van der Waals surface area contributed by atoms with Gasteiger partial charge in [-0.2, -0.15) is 0 Å². The Morgan fingerprint density at radius 3 is 2.75 bits per heavy atom. The van der Waals surface area contributed by atoms with Crippen molar-refractivity contribution in [3.63, 3.8) is 0 Å². The van der Waals surface area contributed by atoms with Gasteiger partial charge < -0.3 is 4.98 Å². The van der Waals surface area contributed by atoms with Gasteiger partial charge in [-0.15, -0.1) is 11.3 Å². The number of benzene rings is 1. The van der Waals surface area contributed by atoms with Crippen molar-refractivity contribution in [3.8, 4) is 10.6 Å². The first-order valence-electron chi connectivity index (χ1n) is 5.38. The molecule has 1 N–H and O–H groups in total. The second-order valence-corrected chi connectivity index (χ2v) is 5.15. The van der Waals surface area contributed by atoms with E-state index in [0.717, 1.165) is 0 Å². The van der Waals surface area contributed by atoms with Crippen LogP contribution in [-0.2, 0) is 0 Å². The fraction of sp³-hybridized carbons (Fsp3) is 0.143. The monoisotopic (exact) mass is 227 g/mol. The second kappa shape index (κ2) is 3.49. The number of aromatic nitrogens is 1. The zero-order valence-corrected chi connectivity index (χ0v) is 10.2. The highest BCUT2D eigenvalue weighted by Gasteiger charge is 2.06. The summed E-state index contributed by atoms with van der Waals surface area (Å²) in [6.07, 6.45) is 0. The van der Waals surface area contributed by atoms with Gasteiger partial charge in [-0.05, 0) is 48.6 Å². The van der Waals surface area contributed by atoms with E-state index in [-0.39, 0.29) is 0 Å². The lowest BCUT2D eigenvalue weighted by Gasteiger charge is -1.97. The van der Waals surface area contributed by atoms with Gasteiger partial charge in [-0.1, -0.05) is 12.1 Å². The Hall–Kier alpha value is -1.54. The Morgan fingerprint density at radius 1 is 1.12 bits per heavy atom. The fourth-order valence-electron chi connectivity index (χ4n) is 2.16. The van der Waals surface area contributed by atoms with Crippen LogP contribution in [0, 0.1) is 13.8 Å². The number of rotatable bonds is 1. The highest BCUT2D eigenvalue weighted by Crippen LogP contribution is 2.29. The molecule has 1 aromatic carbocycles. The second-order valence-electron chi connectivity index (χ2n) is 4.20. The molecule has 0 aliphatic heterocycles. The minimum atomic E-state index is 1.22. The molecule has 0 aliphatic carbocycles. The van der Waals surface area contributed by atoms with Gasteiger partial charge in [0.05, 0.1) is 10.6 Å². The van der Waals surface area contributed by atoms with Gasteiger partial charge in [0, 0.05) is 10.9 Å². The number of thiophene rings is 1. The summed E-state index contributed by atoms with van der Waals surface area (Å²) < 4.78 is 0. The number of aryl methyl sites for hydroxylation is 2. The van der Waals surface area contributed by atoms with E-state index >= 15 is 0 Å². The van der Waals surface area contributed by atoms with Crippen molar-refractivity contribution in [1.29, 1.82) is 0 Å². The van der Waals surface area contributed by atoms with Crippen molar-refractivity contribution in [2.75, 3.05) is 0 Å². The number of nitrogens with one attached hydrogen (secondary N) is 1. The van der Waals surface area contributed by atoms with E-state index in [1.165, 1.54) is 32.6 Å². The molecule has 0 atom stereocenters. The Balaban J connectivity index is 2.27. The summed E-state index contributed by atoms with van der Waals surface area (Å²) in [6.45, 7) is 4.31. The summed E-state index contributed by atoms with van der Waals surface area (Å²) in [5, 5.41) is 3.44. The summed E-state index contributed by atoms with van der Waals surface area (Å²) in [5.41, 5.74) is 5.11. The van der Waals surface area contributed by atoms with Crippen LogP contribution < -0.4 is 0 Å². The zero-order chi connectivity index (χ0) is 11.1. The molecule has 0 bridgehead atoms. The topological polar surface area (TPSA) is 15.8 Å². The van der Waals surface area contributed by atoms with Crippen LogP contribution in [0.25, 0.3) is 21.5 Å². The standard InChI is InChI=1S/C14H13NS/c1-9-6-10(2)11-8-13(15-12(11)7-9)14-4-3-5-16-14/h3-8,15H,1-2H3. The van der Waals surface area contributed by atoms with Crippen LogP contribution in [0.15, 0.2) is 35.7 Å². The predicted molar refractivity (Wildman–Crippen MR) is 71.1 cm³/mol. The van der Waals surface area contributed by atoms with Crippen molar-refractivity contribution < 1.29 is 0 Å². The molecule has 0 radical (unpaired) electrons. The van der Waals surface area contributed by atoms with Crippen LogP contribution in [0.1, 0.15) is 11.1 Å². The first-order chi connectivity index (χ1) is 7.74. The molecular formula is C14H13NS. The van der Waals surface area contributed by atoms with Gasteiger partial charge in [0.15, 0.2) is 0 Å². The van der Waals surface area contributed by atoms with Crippen LogP contribution in [0.4, 0.5) is 0 Å². The average Bonchev–Trinajstić information content (AvgIpc) is 2.82. The normalized spacial score (nSPS) is 11.1. The maximum Gasteiger partial charge on any atom is 0.0566 e. The summed E-state index contributed by atoms with van der Waals surface area (Å²) in [4.78, 5) is 4.79. The summed E-state index contributed by atoms with van der Waals surface area (Å²) in [5.74, 6) is 0. The quantitative estimate of drug-likeness (QED) is 0.629. The minimum Gasteiger partial charge on any atom is -0.354 e. The molecule has 0 aliphatic rings. The third kappa shape index (κ3) is 1.46. The van der Waals surface area contributed by atoms with E-state index in [1.54, 1.807) is 11.3 Å². The third-order valence-electron chi connectivity index (χ3n) is 2.88. The number of aromatic amines is 1. The Morgan fingerprint density at radius 2 is 2.00 bits per heavy atom. The molecule has 2 heteroatoms. The first kappa shape index (κ1) is 9.67. The number of hydrogen-bond donors (Lipinski definition) is 1. The molecular weight excluding hydrogens is 214 g/mol. The first-order valence-corrected chi connectivity index (χ1v) is 6.26. The molecule has 16 heavy (non-hydrogen) atoms. The van der Waals surface area contributed by atoms with Gasteiger partial charge >= 0.3 is 0 Å². The van der Waals surface area contributed by atoms with Crippen molar-refractivity contribution in [1.82, 2.24) is 4.98 Å². The lowest BCUT2D eigenvalue weighted by molar-refractivity contribution is 1.41. The summed E-state index contributed by atoms with van der Waals surface area (Å²) in [7, 11) is 0. The van der Waals surface area contributed by atoms with Crippen molar-refractivity contribution >= 4 is 22.2 Å². The molecule has 0 unspecified atom stereocenters. The van der Waals surface area contributed by atoms with Gasteiger partial charge in [0.1, 0.15) is 0 Å². The van der Waals surface area contributed by atoms with Gasteiger partial charge in [-0.25, -0.2) is 0 Å². The Kier molecular flexibility index (Phi) is 2.11. The SMILES string of the molecule is Cc1cc(C)c2cc(-c3cccs3)[nH]c2c1. The average molecular weight is 227 g/mol.